The first kappa shape index (κ1) is 11.2. The van der Waals surface area contributed by atoms with Gasteiger partial charge in [0.05, 0.1) is 10.5 Å². The fraction of sp³-hybridized carbons (Fsp3) is 0.467. The van der Waals surface area contributed by atoms with Crippen LogP contribution in [0.2, 0.25) is 5.02 Å². The number of fused-ring (bicyclic) bond motifs is 1. The molecule has 2 atom stereocenters. The smallest absolute Gasteiger partial charge is 0.0672 e. The molecular formula is C15H18ClN. The molecule has 0 aliphatic heterocycles. The van der Waals surface area contributed by atoms with Gasteiger partial charge in [0.25, 0.3) is 0 Å². The standard InChI is InChI=1S/C15H18ClN/c1-11-4-2-6-13(10-11)17-9-8-12-5-3-7-14(16)15(12)17/h3,5,7-9,11,13H,2,4,6,10H2,1H3. The first-order valence-corrected chi connectivity index (χ1v) is 6.88. The Balaban J connectivity index is 2.05. The predicted octanol–water partition coefficient (Wildman–Crippen LogP) is 5.05. The van der Waals surface area contributed by atoms with Crippen LogP contribution >= 0.6 is 11.6 Å². The lowest BCUT2D eigenvalue weighted by molar-refractivity contribution is 0.287. The second-order valence-corrected chi connectivity index (χ2v) is 5.73. The van der Waals surface area contributed by atoms with Crippen LogP contribution in [-0.2, 0) is 0 Å². The predicted molar refractivity (Wildman–Crippen MR) is 73.6 cm³/mol. The average Bonchev–Trinajstić information content (AvgIpc) is 2.74. The highest BCUT2D eigenvalue weighted by Gasteiger charge is 2.21. The minimum Gasteiger partial charge on any atom is -0.343 e. The molecule has 2 unspecified atom stereocenters. The molecule has 1 saturated carbocycles. The monoisotopic (exact) mass is 247 g/mol. The molecule has 2 heteroatoms. The highest BCUT2D eigenvalue weighted by Crippen LogP contribution is 2.36. The molecule has 1 nitrogen and oxygen atoms in total. The molecule has 1 aliphatic carbocycles. The van der Waals surface area contributed by atoms with Crippen molar-refractivity contribution < 1.29 is 0 Å². The fourth-order valence-corrected chi connectivity index (χ4v) is 3.41. The lowest BCUT2D eigenvalue weighted by atomic mass is 9.87. The van der Waals surface area contributed by atoms with E-state index in [4.69, 9.17) is 11.6 Å². The Labute approximate surface area is 107 Å². The summed E-state index contributed by atoms with van der Waals surface area (Å²) in [4.78, 5) is 0. The van der Waals surface area contributed by atoms with E-state index in [2.05, 4.69) is 29.8 Å². The van der Waals surface area contributed by atoms with Crippen molar-refractivity contribution in [3.05, 3.63) is 35.5 Å². The van der Waals surface area contributed by atoms with Crippen LogP contribution in [0.1, 0.15) is 38.6 Å². The first-order valence-electron chi connectivity index (χ1n) is 6.51. The zero-order chi connectivity index (χ0) is 11.8. The SMILES string of the molecule is CC1CCCC(n2ccc3cccc(Cl)c32)C1. The van der Waals surface area contributed by atoms with Crippen LogP contribution in [0, 0.1) is 5.92 Å². The Morgan fingerprint density at radius 3 is 2.94 bits per heavy atom. The number of nitrogens with zero attached hydrogens (tertiary/aromatic N) is 1. The van der Waals surface area contributed by atoms with E-state index in [0.717, 1.165) is 10.9 Å². The van der Waals surface area contributed by atoms with Crippen molar-refractivity contribution in [2.24, 2.45) is 5.92 Å². The molecule has 0 spiro atoms. The van der Waals surface area contributed by atoms with E-state index >= 15 is 0 Å². The Hall–Kier alpha value is -0.950. The Kier molecular flexibility index (Phi) is 2.87. The normalized spacial score (nSPS) is 25.3. The molecule has 0 bridgehead atoms. The molecule has 90 valence electrons. The Morgan fingerprint density at radius 1 is 1.24 bits per heavy atom. The maximum atomic E-state index is 6.34. The summed E-state index contributed by atoms with van der Waals surface area (Å²) in [7, 11) is 0. The Morgan fingerprint density at radius 2 is 2.12 bits per heavy atom. The van der Waals surface area contributed by atoms with E-state index in [1.165, 1.54) is 36.6 Å². The summed E-state index contributed by atoms with van der Waals surface area (Å²) in [6.07, 6.45) is 7.51. The fourth-order valence-electron chi connectivity index (χ4n) is 3.13. The van der Waals surface area contributed by atoms with Crippen LogP contribution in [0.5, 0.6) is 0 Å². The van der Waals surface area contributed by atoms with Gasteiger partial charge in [0.1, 0.15) is 0 Å². The number of benzene rings is 1. The van der Waals surface area contributed by atoms with E-state index in [-0.39, 0.29) is 0 Å². The maximum absolute atomic E-state index is 6.34. The lowest BCUT2D eigenvalue weighted by Gasteiger charge is -2.28. The third kappa shape index (κ3) is 1.97. The molecule has 1 aromatic heterocycles. The largest absolute Gasteiger partial charge is 0.343 e. The van der Waals surface area contributed by atoms with Gasteiger partial charge in [-0.15, -0.1) is 0 Å². The van der Waals surface area contributed by atoms with Gasteiger partial charge in [0, 0.05) is 17.6 Å². The van der Waals surface area contributed by atoms with E-state index in [1.54, 1.807) is 0 Å². The van der Waals surface area contributed by atoms with Gasteiger partial charge < -0.3 is 4.57 Å². The molecule has 1 heterocycles. The summed E-state index contributed by atoms with van der Waals surface area (Å²) in [5.74, 6) is 0.841. The van der Waals surface area contributed by atoms with Gasteiger partial charge in [-0.1, -0.05) is 43.5 Å². The minimum atomic E-state index is 0.635. The molecule has 17 heavy (non-hydrogen) atoms. The second-order valence-electron chi connectivity index (χ2n) is 5.33. The van der Waals surface area contributed by atoms with Crippen LogP contribution in [0.15, 0.2) is 30.5 Å². The van der Waals surface area contributed by atoms with Crippen molar-refractivity contribution in [3.8, 4) is 0 Å². The topological polar surface area (TPSA) is 4.93 Å². The summed E-state index contributed by atoms with van der Waals surface area (Å²) in [5.41, 5.74) is 1.22. The summed E-state index contributed by atoms with van der Waals surface area (Å²) in [6, 6.07) is 8.98. The van der Waals surface area contributed by atoms with Crippen LogP contribution in [0.25, 0.3) is 10.9 Å². The van der Waals surface area contributed by atoms with Crippen LogP contribution in [0.3, 0.4) is 0 Å². The number of halogens is 1. The van der Waals surface area contributed by atoms with E-state index in [1.807, 2.05) is 12.1 Å². The zero-order valence-corrected chi connectivity index (χ0v) is 11.0. The van der Waals surface area contributed by atoms with Gasteiger partial charge in [-0.2, -0.15) is 0 Å². The van der Waals surface area contributed by atoms with Gasteiger partial charge in [-0.3, -0.25) is 0 Å². The van der Waals surface area contributed by atoms with Crippen molar-refractivity contribution in [2.45, 2.75) is 38.6 Å². The molecule has 0 radical (unpaired) electrons. The number of para-hydroxylation sites is 1. The van der Waals surface area contributed by atoms with Crippen molar-refractivity contribution >= 4 is 22.5 Å². The average molecular weight is 248 g/mol. The molecule has 1 aliphatic rings. The summed E-state index contributed by atoms with van der Waals surface area (Å²) >= 11 is 6.34. The molecule has 1 aromatic carbocycles. The summed E-state index contributed by atoms with van der Waals surface area (Å²) in [6.45, 7) is 2.36. The quantitative estimate of drug-likeness (QED) is 0.665. The van der Waals surface area contributed by atoms with Gasteiger partial charge in [-0.05, 0) is 30.9 Å². The van der Waals surface area contributed by atoms with E-state index < -0.39 is 0 Å². The number of aromatic nitrogens is 1. The van der Waals surface area contributed by atoms with Gasteiger partial charge in [0.2, 0.25) is 0 Å². The van der Waals surface area contributed by atoms with Gasteiger partial charge in [-0.25, -0.2) is 0 Å². The zero-order valence-electron chi connectivity index (χ0n) is 10.2. The number of rotatable bonds is 1. The molecule has 1 fully saturated rings. The van der Waals surface area contributed by atoms with E-state index in [9.17, 15) is 0 Å². The molecule has 0 amide bonds. The lowest BCUT2D eigenvalue weighted by Crippen LogP contribution is -2.16. The van der Waals surface area contributed by atoms with Crippen molar-refractivity contribution in [1.29, 1.82) is 0 Å². The summed E-state index contributed by atoms with van der Waals surface area (Å²) in [5, 5.41) is 2.14. The number of hydrogen-bond acceptors (Lipinski definition) is 0. The van der Waals surface area contributed by atoms with Crippen LogP contribution < -0.4 is 0 Å². The summed E-state index contributed by atoms with van der Waals surface area (Å²) < 4.78 is 2.40. The van der Waals surface area contributed by atoms with Crippen molar-refractivity contribution in [2.75, 3.05) is 0 Å². The van der Waals surface area contributed by atoms with Gasteiger partial charge in [0.15, 0.2) is 0 Å². The molecule has 2 aromatic rings. The highest BCUT2D eigenvalue weighted by atomic mass is 35.5. The minimum absolute atomic E-state index is 0.635. The third-order valence-corrected chi connectivity index (χ3v) is 4.30. The van der Waals surface area contributed by atoms with Crippen LogP contribution in [0.4, 0.5) is 0 Å². The molecule has 0 saturated heterocycles. The first-order chi connectivity index (χ1) is 8.25. The molecular weight excluding hydrogens is 230 g/mol. The highest BCUT2D eigenvalue weighted by molar-refractivity contribution is 6.35. The van der Waals surface area contributed by atoms with Crippen molar-refractivity contribution in [3.63, 3.8) is 0 Å². The van der Waals surface area contributed by atoms with Crippen LogP contribution in [-0.4, -0.2) is 4.57 Å². The van der Waals surface area contributed by atoms with Gasteiger partial charge >= 0.3 is 0 Å². The van der Waals surface area contributed by atoms with E-state index in [0.29, 0.717) is 6.04 Å². The molecule has 0 N–H and O–H groups in total. The molecule has 3 rings (SSSR count). The van der Waals surface area contributed by atoms with Crippen molar-refractivity contribution in [1.82, 2.24) is 4.57 Å². The third-order valence-electron chi connectivity index (χ3n) is 3.99. The number of hydrogen-bond donors (Lipinski definition) is 0. The second kappa shape index (κ2) is 4.38. The Bertz CT molecular complexity index is 529. The maximum Gasteiger partial charge on any atom is 0.0672 e.